The molecule has 0 unspecified atom stereocenters. The van der Waals surface area contributed by atoms with Crippen LogP contribution in [0.2, 0.25) is 0 Å². The molecule has 0 saturated heterocycles. The van der Waals surface area contributed by atoms with Crippen LogP contribution in [-0.2, 0) is 7.05 Å². The largest absolute Gasteiger partial charge is 0.481 e. The summed E-state index contributed by atoms with van der Waals surface area (Å²) in [6.07, 6.45) is 0. The fourth-order valence-electron chi connectivity index (χ4n) is 1.12. The van der Waals surface area contributed by atoms with Gasteiger partial charge in [-0.1, -0.05) is 0 Å². The maximum atomic E-state index is 12.8. The van der Waals surface area contributed by atoms with Gasteiger partial charge < -0.3 is 15.8 Å². The molecule has 1 amide bonds. The summed E-state index contributed by atoms with van der Waals surface area (Å²) in [5.41, 5.74) is 4.85. The van der Waals surface area contributed by atoms with E-state index in [4.69, 9.17) is 10.5 Å². The van der Waals surface area contributed by atoms with Gasteiger partial charge in [-0.05, 0) is 0 Å². The maximum absolute atomic E-state index is 12.8. The minimum absolute atomic E-state index is 0.0113. The van der Waals surface area contributed by atoms with E-state index in [1.54, 1.807) is 7.05 Å². The number of rotatable bonds is 5. The molecule has 0 bridgehead atoms. The van der Waals surface area contributed by atoms with Gasteiger partial charge in [-0.2, -0.15) is 5.10 Å². The predicted octanol–water partition coefficient (Wildman–Crippen LogP) is -0.248. The summed E-state index contributed by atoms with van der Waals surface area (Å²) in [7, 11) is 2.99. The Labute approximate surface area is 96.7 Å². The Kier molecular flexibility index (Phi) is 4.00. The average molecular weight is 248 g/mol. The van der Waals surface area contributed by atoms with E-state index in [0.29, 0.717) is 5.88 Å². The molecular weight excluding hydrogens is 234 g/mol. The SMILES string of the molecule is COc1cc(C(=O)NCC(F)(F)CN)nn1C. The second-order valence-corrected chi connectivity index (χ2v) is 3.44. The fraction of sp³-hybridized carbons (Fsp3) is 0.556. The van der Waals surface area contributed by atoms with Crippen LogP contribution in [-0.4, -0.2) is 41.8 Å². The number of halogens is 2. The second kappa shape index (κ2) is 5.09. The molecule has 96 valence electrons. The molecular formula is C9H14F2N4O2. The highest BCUT2D eigenvalue weighted by Gasteiger charge is 2.27. The van der Waals surface area contributed by atoms with Crippen LogP contribution in [0, 0.1) is 0 Å². The van der Waals surface area contributed by atoms with Crippen molar-refractivity contribution in [3.05, 3.63) is 11.8 Å². The van der Waals surface area contributed by atoms with E-state index in [9.17, 15) is 13.6 Å². The predicted molar refractivity (Wildman–Crippen MR) is 56.1 cm³/mol. The number of alkyl halides is 2. The first-order chi connectivity index (χ1) is 7.89. The molecule has 0 aliphatic carbocycles. The first-order valence-electron chi connectivity index (χ1n) is 4.84. The van der Waals surface area contributed by atoms with E-state index < -0.39 is 24.9 Å². The number of hydrogen-bond donors (Lipinski definition) is 2. The average Bonchev–Trinajstić information content (AvgIpc) is 2.67. The van der Waals surface area contributed by atoms with Gasteiger partial charge in [-0.15, -0.1) is 0 Å². The number of ether oxygens (including phenoxy) is 1. The number of aromatic nitrogens is 2. The first-order valence-corrected chi connectivity index (χ1v) is 4.84. The molecule has 0 spiro atoms. The third-order valence-electron chi connectivity index (χ3n) is 2.08. The number of amides is 1. The van der Waals surface area contributed by atoms with Gasteiger partial charge in [0.05, 0.1) is 20.2 Å². The summed E-state index contributed by atoms with van der Waals surface area (Å²) in [5, 5.41) is 5.87. The Bertz CT molecular complexity index is 406. The second-order valence-electron chi connectivity index (χ2n) is 3.44. The lowest BCUT2D eigenvalue weighted by Gasteiger charge is -2.13. The van der Waals surface area contributed by atoms with E-state index in [0.717, 1.165) is 0 Å². The number of carbonyl (C=O) groups excluding carboxylic acids is 1. The van der Waals surface area contributed by atoms with Gasteiger partial charge in [-0.3, -0.25) is 4.79 Å². The normalized spacial score (nSPS) is 11.4. The van der Waals surface area contributed by atoms with Crippen molar-refractivity contribution in [1.82, 2.24) is 15.1 Å². The summed E-state index contributed by atoms with van der Waals surface area (Å²) in [6, 6.07) is 1.36. The summed E-state index contributed by atoms with van der Waals surface area (Å²) >= 11 is 0. The topological polar surface area (TPSA) is 82.2 Å². The van der Waals surface area contributed by atoms with Crippen LogP contribution >= 0.6 is 0 Å². The van der Waals surface area contributed by atoms with Crippen molar-refractivity contribution in [2.24, 2.45) is 12.8 Å². The third kappa shape index (κ3) is 3.38. The van der Waals surface area contributed by atoms with Gasteiger partial charge in [0.1, 0.15) is 0 Å². The van der Waals surface area contributed by atoms with Crippen LogP contribution in [0.4, 0.5) is 8.78 Å². The Morgan fingerprint density at radius 1 is 1.71 bits per heavy atom. The highest BCUT2D eigenvalue weighted by molar-refractivity contribution is 5.92. The van der Waals surface area contributed by atoms with Crippen molar-refractivity contribution in [2.45, 2.75) is 5.92 Å². The number of nitrogens with one attached hydrogen (secondary N) is 1. The molecule has 3 N–H and O–H groups in total. The Balaban J connectivity index is 2.64. The van der Waals surface area contributed by atoms with Crippen molar-refractivity contribution < 1.29 is 18.3 Å². The molecule has 8 heteroatoms. The van der Waals surface area contributed by atoms with E-state index in [-0.39, 0.29) is 5.69 Å². The molecule has 0 radical (unpaired) electrons. The molecule has 0 atom stereocenters. The first kappa shape index (κ1) is 13.4. The lowest BCUT2D eigenvalue weighted by atomic mass is 10.3. The van der Waals surface area contributed by atoms with Gasteiger partial charge >= 0.3 is 0 Å². The standard InChI is InChI=1S/C9H14F2N4O2/c1-15-7(17-2)3-6(14-15)8(16)13-5-9(10,11)4-12/h3H,4-5,12H2,1-2H3,(H,13,16). The van der Waals surface area contributed by atoms with Crippen LogP contribution in [0.5, 0.6) is 5.88 Å². The highest BCUT2D eigenvalue weighted by Crippen LogP contribution is 2.12. The molecule has 0 aliphatic heterocycles. The Morgan fingerprint density at radius 2 is 2.35 bits per heavy atom. The van der Waals surface area contributed by atoms with Crippen molar-refractivity contribution in [3.8, 4) is 5.88 Å². The smallest absolute Gasteiger partial charge is 0.277 e. The molecule has 6 nitrogen and oxygen atoms in total. The van der Waals surface area contributed by atoms with E-state index in [1.165, 1.54) is 17.9 Å². The van der Waals surface area contributed by atoms with Gasteiger partial charge in [-0.25, -0.2) is 13.5 Å². The third-order valence-corrected chi connectivity index (χ3v) is 2.08. The Hall–Kier alpha value is -1.70. The zero-order valence-electron chi connectivity index (χ0n) is 9.54. The van der Waals surface area contributed by atoms with Gasteiger partial charge in [0.15, 0.2) is 5.69 Å². The van der Waals surface area contributed by atoms with Crippen LogP contribution in [0.1, 0.15) is 10.5 Å². The zero-order valence-corrected chi connectivity index (χ0v) is 9.54. The number of nitrogens with zero attached hydrogens (tertiary/aromatic N) is 2. The molecule has 17 heavy (non-hydrogen) atoms. The van der Waals surface area contributed by atoms with Crippen molar-refractivity contribution in [2.75, 3.05) is 20.2 Å². The van der Waals surface area contributed by atoms with Crippen LogP contribution in [0.15, 0.2) is 6.07 Å². The van der Waals surface area contributed by atoms with E-state index in [2.05, 4.69) is 10.4 Å². The monoisotopic (exact) mass is 248 g/mol. The summed E-state index contributed by atoms with van der Waals surface area (Å²) in [6.45, 7) is -1.64. The number of hydrogen-bond acceptors (Lipinski definition) is 4. The molecule has 0 aliphatic rings. The Morgan fingerprint density at radius 3 is 2.82 bits per heavy atom. The number of aryl methyl sites for hydroxylation is 1. The number of nitrogens with two attached hydrogens (primary N) is 1. The summed E-state index contributed by atoms with van der Waals surface area (Å²) < 4.78 is 31.8. The lowest BCUT2D eigenvalue weighted by Crippen LogP contribution is -2.41. The molecule has 1 rings (SSSR count). The minimum Gasteiger partial charge on any atom is -0.481 e. The number of carbonyl (C=O) groups is 1. The van der Waals surface area contributed by atoms with Crippen molar-refractivity contribution >= 4 is 5.91 Å². The summed E-state index contributed by atoms with van der Waals surface area (Å²) in [5.74, 6) is -3.45. The van der Waals surface area contributed by atoms with E-state index >= 15 is 0 Å². The molecule has 0 fully saturated rings. The van der Waals surface area contributed by atoms with Crippen molar-refractivity contribution in [3.63, 3.8) is 0 Å². The number of methoxy groups -OCH3 is 1. The minimum atomic E-state index is -3.12. The molecule has 0 saturated carbocycles. The molecule has 0 aromatic carbocycles. The highest BCUT2D eigenvalue weighted by atomic mass is 19.3. The van der Waals surface area contributed by atoms with Gasteiger partial charge in [0.25, 0.3) is 11.8 Å². The van der Waals surface area contributed by atoms with Crippen LogP contribution in [0.25, 0.3) is 0 Å². The lowest BCUT2D eigenvalue weighted by molar-refractivity contribution is 0.0118. The van der Waals surface area contributed by atoms with Crippen LogP contribution < -0.4 is 15.8 Å². The zero-order chi connectivity index (χ0) is 13.1. The maximum Gasteiger partial charge on any atom is 0.277 e. The molecule has 1 heterocycles. The molecule has 1 aromatic rings. The van der Waals surface area contributed by atoms with Gasteiger partial charge in [0.2, 0.25) is 5.88 Å². The fourth-order valence-corrected chi connectivity index (χ4v) is 1.12. The molecule has 1 aromatic heterocycles. The van der Waals surface area contributed by atoms with Gasteiger partial charge in [0, 0.05) is 13.1 Å². The summed E-state index contributed by atoms with van der Waals surface area (Å²) in [4.78, 5) is 11.5. The van der Waals surface area contributed by atoms with Crippen LogP contribution in [0.3, 0.4) is 0 Å². The van der Waals surface area contributed by atoms with Crippen molar-refractivity contribution in [1.29, 1.82) is 0 Å². The van der Waals surface area contributed by atoms with E-state index in [1.807, 2.05) is 0 Å². The quantitative estimate of drug-likeness (QED) is 0.753.